The van der Waals surface area contributed by atoms with E-state index in [1.807, 2.05) is 26.0 Å². The van der Waals surface area contributed by atoms with Crippen molar-refractivity contribution in [2.24, 2.45) is 0 Å². The van der Waals surface area contributed by atoms with Gasteiger partial charge in [0.15, 0.2) is 11.6 Å². The molecule has 144 valence electrons. The van der Waals surface area contributed by atoms with Crippen molar-refractivity contribution in [3.63, 3.8) is 0 Å². The minimum absolute atomic E-state index is 0.0317. The van der Waals surface area contributed by atoms with E-state index in [9.17, 15) is 4.39 Å². The lowest BCUT2D eigenvalue weighted by Gasteiger charge is -2.06. The highest BCUT2D eigenvalue weighted by Crippen LogP contribution is 2.40. The van der Waals surface area contributed by atoms with Gasteiger partial charge in [-0.15, -0.1) is 11.3 Å². The maximum atomic E-state index is 14.5. The second-order valence-electron chi connectivity index (χ2n) is 6.31. The lowest BCUT2D eigenvalue weighted by molar-refractivity contribution is 0.302. The van der Waals surface area contributed by atoms with E-state index in [4.69, 9.17) is 21.1 Å². The van der Waals surface area contributed by atoms with Crippen LogP contribution in [0.2, 0.25) is 5.02 Å². The molecule has 4 rings (SSSR count). The largest absolute Gasteiger partial charge is 0.490 e. The Morgan fingerprint density at radius 2 is 2.00 bits per heavy atom. The van der Waals surface area contributed by atoms with Crippen molar-refractivity contribution in [3.05, 3.63) is 40.8 Å². The van der Waals surface area contributed by atoms with Gasteiger partial charge in [-0.2, -0.15) is 0 Å². The molecular weight excluding hydrogens is 401 g/mol. The molecule has 28 heavy (non-hydrogen) atoms. The third-order valence-corrected chi connectivity index (χ3v) is 5.58. The number of ether oxygens (including phenoxy) is 2. The molecule has 0 unspecified atom stereocenters. The lowest BCUT2D eigenvalue weighted by Crippen LogP contribution is -1.98. The Labute approximate surface area is 170 Å². The van der Waals surface area contributed by atoms with Gasteiger partial charge in [-0.1, -0.05) is 18.5 Å². The molecule has 8 heteroatoms. The minimum Gasteiger partial charge on any atom is -0.490 e. The third-order valence-electron chi connectivity index (χ3n) is 4.20. The number of aromatic nitrogens is 3. The van der Waals surface area contributed by atoms with Crippen LogP contribution in [-0.4, -0.2) is 28.7 Å². The Kier molecular flexibility index (Phi) is 5.03. The van der Waals surface area contributed by atoms with Gasteiger partial charge < -0.3 is 9.47 Å². The van der Waals surface area contributed by atoms with Gasteiger partial charge in [0, 0.05) is 11.6 Å². The molecule has 5 nitrogen and oxygen atoms in total. The Bertz CT molecular complexity index is 1200. The molecule has 0 aliphatic heterocycles. The number of halogens is 2. The maximum Gasteiger partial charge on any atom is 0.232 e. The SMILES string of the molecule is CCCOc1cc2sc(-c3cc(C)cc4nc(OC)cnc34)nc2c(Cl)c1F. The molecule has 0 atom stereocenters. The van der Waals surface area contributed by atoms with E-state index in [2.05, 4.69) is 15.0 Å². The van der Waals surface area contributed by atoms with Crippen LogP contribution in [0.25, 0.3) is 31.8 Å². The van der Waals surface area contributed by atoms with Crippen LogP contribution in [0.5, 0.6) is 11.6 Å². The number of rotatable bonds is 5. The van der Waals surface area contributed by atoms with E-state index < -0.39 is 5.82 Å². The van der Waals surface area contributed by atoms with Crippen LogP contribution in [-0.2, 0) is 0 Å². The average Bonchev–Trinajstić information content (AvgIpc) is 3.12. The van der Waals surface area contributed by atoms with E-state index in [1.54, 1.807) is 19.4 Å². The van der Waals surface area contributed by atoms with Gasteiger partial charge >= 0.3 is 0 Å². The zero-order valence-corrected chi connectivity index (χ0v) is 17.1. The van der Waals surface area contributed by atoms with E-state index in [-0.39, 0.29) is 10.8 Å². The average molecular weight is 418 g/mol. The smallest absolute Gasteiger partial charge is 0.232 e. The number of methoxy groups -OCH3 is 1. The topological polar surface area (TPSA) is 57.1 Å². The number of benzene rings is 2. The van der Waals surface area contributed by atoms with Crippen LogP contribution < -0.4 is 9.47 Å². The van der Waals surface area contributed by atoms with Crippen molar-refractivity contribution < 1.29 is 13.9 Å². The van der Waals surface area contributed by atoms with E-state index >= 15 is 0 Å². The third kappa shape index (κ3) is 3.25. The molecule has 2 aromatic carbocycles. The zero-order valence-electron chi connectivity index (χ0n) is 15.5. The molecule has 0 saturated heterocycles. The molecule has 0 radical (unpaired) electrons. The first kappa shape index (κ1) is 18.8. The molecule has 0 amide bonds. The molecule has 4 aromatic rings. The van der Waals surface area contributed by atoms with Gasteiger partial charge in [0.25, 0.3) is 0 Å². The lowest BCUT2D eigenvalue weighted by atomic mass is 10.1. The summed E-state index contributed by atoms with van der Waals surface area (Å²) in [7, 11) is 1.55. The van der Waals surface area contributed by atoms with Crippen LogP contribution in [0.1, 0.15) is 18.9 Å². The highest BCUT2D eigenvalue weighted by molar-refractivity contribution is 7.21. The Balaban J connectivity index is 1.91. The molecule has 2 aromatic heterocycles. The van der Waals surface area contributed by atoms with E-state index in [1.165, 1.54) is 11.3 Å². The monoisotopic (exact) mass is 417 g/mol. The first-order valence-electron chi connectivity index (χ1n) is 8.75. The van der Waals surface area contributed by atoms with Gasteiger partial charge in [-0.25, -0.2) is 19.3 Å². The summed E-state index contributed by atoms with van der Waals surface area (Å²) >= 11 is 7.66. The van der Waals surface area contributed by atoms with Crippen molar-refractivity contribution in [1.29, 1.82) is 0 Å². The summed E-state index contributed by atoms with van der Waals surface area (Å²) in [6.07, 6.45) is 2.35. The number of hydrogen-bond donors (Lipinski definition) is 0. The second-order valence-corrected chi connectivity index (χ2v) is 7.72. The predicted molar refractivity (Wildman–Crippen MR) is 110 cm³/mol. The molecule has 0 aliphatic rings. The number of thiazole rings is 1. The van der Waals surface area contributed by atoms with Crippen molar-refractivity contribution in [1.82, 2.24) is 15.0 Å². The Morgan fingerprint density at radius 3 is 2.75 bits per heavy atom. The molecule has 0 saturated carbocycles. The molecule has 0 aliphatic carbocycles. The maximum absolute atomic E-state index is 14.5. The first-order valence-corrected chi connectivity index (χ1v) is 9.94. The quantitative estimate of drug-likeness (QED) is 0.410. The van der Waals surface area contributed by atoms with Crippen molar-refractivity contribution in [2.45, 2.75) is 20.3 Å². The summed E-state index contributed by atoms with van der Waals surface area (Å²) in [5.74, 6) is 0.00227. The number of nitrogens with zero attached hydrogens (tertiary/aromatic N) is 3. The van der Waals surface area contributed by atoms with Crippen molar-refractivity contribution >= 4 is 44.2 Å². The number of aryl methyl sites for hydroxylation is 1. The normalized spacial score (nSPS) is 11.3. The van der Waals surface area contributed by atoms with Crippen molar-refractivity contribution in [2.75, 3.05) is 13.7 Å². The van der Waals surface area contributed by atoms with Gasteiger partial charge in [0.2, 0.25) is 5.88 Å². The summed E-state index contributed by atoms with van der Waals surface area (Å²) in [6, 6.07) is 5.57. The molecule has 0 fully saturated rings. The summed E-state index contributed by atoms with van der Waals surface area (Å²) < 4.78 is 26.0. The Hall–Kier alpha value is -2.51. The summed E-state index contributed by atoms with van der Waals surface area (Å²) in [4.78, 5) is 13.5. The summed E-state index contributed by atoms with van der Waals surface area (Å²) in [6.45, 7) is 4.35. The van der Waals surface area contributed by atoms with Crippen LogP contribution >= 0.6 is 22.9 Å². The molecule has 0 spiro atoms. The fraction of sp³-hybridized carbons (Fsp3) is 0.250. The van der Waals surface area contributed by atoms with Gasteiger partial charge in [0.1, 0.15) is 15.5 Å². The molecule has 2 heterocycles. The van der Waals surface area contributed by atoms with E-state index in [0.29, 0.717) is 34.0 Å². The zero-order chi connectivity index (χ0) is 19.8. The highest BCUT2D eigenvalue weighted by Gasteiger charge is 2.19. The fourth-order valence-corrected chi connectivity index (χ4v) is 4.24. The van der Waals surface area contributed by atoms with Crippen LogP contribution in [0.4, 0.5) is 4.39 Å². The standard InChI is InChI=1S/C20H17ClFN3O2S/c1-4-5-27-13-8-14-19(16(21)17(13)22)25-20(28-14)11-6-10(2)7-12-18(11)23-9-15(24-12)26-3/h6-9H,4-5H2,1-3H3. The molecule has 0 bridgehead atoms. The highest BCUT2D eigenvalue weighted by atomic mass is 35.5. The van der Waals surface area contributed by atoms with Gasteiger partial charge in [0.05, 0.1) is 35.6 Å². The first-order chi connectivity index (χ1) is 13.5. The number of hydrogen-bond acceptors (Lipinski definition) is 6. The minimum atomic E-state index is -0.585. The Morgan fingerprint density at radius 1 is 1.18 bits per heavy atom. The van der Waals surface area contributed by atoms with Crippen molar-refractivity contribution in [3.8, 4) is 22.2 Å². The van der Waals surface area contributed by atoms with Crippen LogP contribution in [0.3, 0.4) is 0 Å². The predicted octanol–water partition coefficient (Wildman–Crippen LogP) is 5.80. The number of fused-ring (bicyclic) bond motifs is 2. The summed E-state index contributed by atoms with van der Waals surface area (Å²) in [5.41, 5.74) is 3.65. The van der Waals surface area contributed by atoms with E-state index in [0.717, 1.165) is 22.2 Å². The van der Waals surface area contributed by atoms with Crippen LogP contribution in [0.15, 0.2) is 24.4 Å². The second kappa shape index (κ2) is 7.48. The fourth-order valence-electron chi connectivity index (χ4n) is 2.92. The summed E-state index contributed by atoms with van der Waals surface area (Å²) in [5, 5.41) is 0.660. The molecular formula is C20H17ClFN3O2S. The van der Waals surface area contributed by atoms with Crippen LogP contribution in [0, 0.1) is 12.7 Å². The van der Waals surface area contributed by atoms with Gasteiger partial charge in [-0.05, 0) is 31.0 Å². The van der Waals surface area contributed by atoms with Gasteiger partial charge in [-0.3, -0.25) is 0 Å². The molecule has 0 N–H and O–H groups in total.